The van der Waals surface area contributed by atoms with Crippen LogP contribution in [0.1, 0.15) is 16.7 Å². The van der Waals surface area contributed by atoms with Crippen molar-refractivity contribution in [2.75, 3.05) is 0 Å². The summed E-state index contributed by atoms with van der Waals surface area (Å²) in [6, 6.07) is 24.5. The van der Waals surface area contributed by atoms with Crippen LogP contribution >= 0.6 is 23.4 Å². The van der Waals surface area contributed by atoms with Gasteiger partial charge in [-0.25, -0.2) is 4.98 Å². The van der Waals surface area contributed by atoms with Crippen LogP contribution < -0.4 is 0 Å². The number of hydrogen-bond acceptors (Lipinski definition) is 2. The third kappa shape index (κ3) is 4.01. The summed E-state index contributed by atoms with van der Waals surface area (Å²) in [4.78, 5) is 7.96. The molecule has 0 saturated carbocycles. The first kappa shape index (κ1) is 17.0. The highest BCUT2D eigenvalue weighted by Gasteiger charge is 2.06. The summed E-state index contributed by atoms with van der Waals surface area (Å²) in [6.07, 6.45) is 4.32. The van der Waals surface area contributed by atoms with Gasteiger partial charge in [0.25, 0.3) is 0 Å². The van der Waals surface area contributed by atoms with Crippen molar-refractivity contribution >= 4 is 46.5 Å². The molecule has 0 unspecified atom stereocenters. The molecule has 0 aliphatic carbocycles. The minimum absolute atomic E-state index is 0.717. The summed E-state index contributed by atoms with van der Waals surface area (Å²) in [7, 11) is 0. The first-order valence-corrected chi connectivity index (χ1v) is 9.73. The Balaban J connectivity index is 1.52. The molecule has 0 amide bonds. The SMILES string of the molecule is Clc1ccc2nc(SCc3ccccc3/C=C/c3ccccc3)[nH]c2c1. The predicted molar refractivity (Wildman–Crippen MR) is 112 cm³/mol. The number of aromatic amines is 1. The zero-order valence-electron chi connectivity index (χ0n) is 14.0. The molecule has 0 aliphatic heterocycles. The van der Waals surface area contributed by atoms with E-state index in [2.05, 4.69) is 70.7 Å². The zero-order chi connectivity index (χ0) is 17.8. The molecule has 1 heterocycles. The highest BCUT2D eigenvalue weighted by molar-refractivity contribution is 7.98. The number of fused-ring (bicyclic) bond motifs is 1. The molecule has 4 aromatic rings. The van der Waals surface area contributed by atoms with Crippen LogP contribution in [0.2, 0.25) is 5.02 Å². The molecule has 0 fully saturated rings. The van der Waals surface area contributed by atoms with Gasteiger partial charge in [0.1, 0.15) is 0 Å². The largest absolute Gasteiger partial charge is 0.333 e. The van der Waals surface area contributed by atoms with Crippen LogP contribution in [0.15, 0.2) is 78.0 Å². The van der Waals surface area contributed by atoms with E-state index in [1.165, 1.54) is 16.7 Å². The number of aromatic nitrogens is 2. The fraction of sp³-hybridized carbons (Fsp3) is 0.0455. The molecule has 128 valence electrons. The topological polar surface area (TPSA) is 28.7 Å². The second kappa shape index (κ2) is 7.81. The van der Waals surface area contributed by atoms with Gasteiger partial charge in [0.15, 0.2) is 5.16 Å². The van der Waals surface area contributed by atoms with E-state index in [0.717, 1.165) is 21.9 Å². The van der Waals surface area contributed by atoms with Crippen LogP contribution in [0.4, 0.5) is 0 Å². The lowest BCUT2D eigenvalue weighted by Crippen LogP contribution is -1.86. The van der Waals surface area contributed by atoms with Gasteiger partial charge >= 0.3 is 0 Å². The van der Waals surface area contributed by atoms with Crippen molar-refractivity contribution in [1.82, 2.24) is 9.97 Å². The number of hydrogen-bond donors (Lipinski definition) is 1. The van der Waals surface area contributed by atoms with E-state index in [1.54, 1.807) is 11.8 Å². The summed E-state index contributed by atoms with van der Waals surface area (Å²) < 4.78 is 0. The summed E-state index contributed by atoms with van der Waals surface area (Å²) >= 11 is 7.74. The molecule has 0 radical (unpaired) electrons. The van der Waals surface area contributed by atoms with Crippen molar-refractivity contribution in [2.24, 2.45) is 0 Å². The number of nitrogens with one attached hydrogen (secondary N) is 1. The maximum atomic E-state index is 6.04. The monoisotopic (exact) mass is 376 g/mol. The van der Waals surface area contributed by atoms with E-state index in [9.17, 15) is 0 Å². The van der Waals surface area contributed by atoms with Gasteiger partial charge in [-0.1, -0.05) is 90.1 Å². The standard InChI is InChI=1S/C22H17ClN2S/c23-19-12-13-20-21(14-19)25-22(24-20)26-15-18-9-5-4-8-17(18)11-10-16-6-2-1-3-7-16/h1-14H,15H2,(H,24,25)/b11-10+. The van der Waals surface area contributed by atoms with Gasteiger partial charge in [0, 0.05) is 10.8 Å². The van der Waals surface area contributed by atoms with E-state index in [1.807, 2.05) is 24.3 Å². The Morgan fingerprint density at radius 2 is 1.73 bits per heavy atom. The number of rotatable bonds is 5. The quantitative estimate of drug-likeness (QED) is 0.311. The van der Waals surface area contributed by atoms with Crippen LogP contribution in [0.25, 0.3) is 23.2 Å². The number of thioether (sulfide) groups is 1. The third-order valence-corrected chi connectivity index (χ3v) is 5.25. The molecule has 0 saturated heterocycles. The van der Waals surface area contributed by atoms with Gasteiger partial charge in [-0.15, -0.1) is 0 Å². The fourth-order valence-electron chi connectivity index (χ4n) is 2.75. The number of halogens is 1. The lowest BCUT2D eigenvalue weighted by atomic mass is 10.1. The van der Waals surface area contributed by atoms with Gasteiger partial charge in [-0.2, -0.15) is 0 Å². The van der Waals surface area contributed by atoms with Crippen LogP contribution in [0, 0.1) is 0 Å². The summed E-state index contributed by atoms with van der Waals surface area (Å²) in [5.74, 6) is 0.850. The summed E-state index contributed by atoms with van der Waals surface area (Å²) in [6.45, 7) is 0. The summed E-state index contributed by atoms with van der Waals surface area (Å²) in [5.41, 5.74) is 5.61. The van der Waals surface area contributed by atoms with E-state index in [4.69, 9.17) is 11.6 Å². The molecule has 2 nitrogen and oxygen atoms in total. The van der Waals surface area contributed by atoms with Crippen molar-refractivity contribution in [2.45, 2.75) is 10.9 Å². The lowest BCUT2D eigenvalue weighted by Gasteiger charge is -2.04. The first-order chi connectivity index (χ1) is 12.8. The van der Waals surface area contributed by atoms with Gasteiger partial charge in [0.2, 0.25) is 0 Å². The maximum Gasteiger partial charge on any atom is 0.166 e. The third-order valence-electron chi connectivity index (χ3n) is 4.10. The Hall–Kier alpha value is -2.49. The molecule has 26 heavy (non-hydrogen) atoms. The number of imidazole rings is 1. The molecule has 4 rings (SSSR count). The predicted octanol–water partition coefficient (Wildman–Crippen LogP) is 6.68. The average Bonchev–Trinajstić information content (AvgIpc) is 3.08. The van der Waals surface area contributed by atoms with Crippen molar-refractivity contribution in [1.29, 1.82) is 0 Å². The van der Waals surface area contributed by atoms with Gasteiger partial charge < -0.3 is 4.98 Å². The minimum Gasteiger partial charge on any atom is -0.333 e. The molecule has 0 atom stereocenters. The second-order valence-electron chi connectivity index (χ2n) is 5.93. The fourth-order valence-corrected chi connectivity index (χ4v) is 3.82. The molecular formula is C22H17ClN2S. The van der Waals surface area contributed by atoms with Crippen molar-refractivity contribution in [3.8, 4) is 0 Å². The molecule has 1 N–H and O–H groups in total. The lowest BCUT2D eigenvalue weighted by molar-refractivity contribution is 1.08. The van der Waals surface area contributed by atoms with Gasteiger partial charge in [-0.05, 0) is 34.9 Å². The number of benzene rings is 3. The minimum atomic E-state index is 0.717. The van der Waals surface area contributed by atoms with Crippen LogP contribution in [0.5, 0.6) is 0 Å². The second-order valence-corrected chi connectivity index (χ2v) is 7.34. The molecule has 0 spiro atoms. The smallest absolute Gasteiger partial charge is 0.166 e. The van der Waals surface area contributed by atoms with Gasteiger partial charge in [0.05, 0.1) is 11.0 Å². The Labute approximate surface area is 161 Å². The zero-order valence-corrected chi connectivity index (χ0v) is 15.6. The van der Waals surface area contributed by atoms with E-state index in [-0.39, 0.29) is 0 Å². The maximum absolute atomic E-state index is 6.04. The van der Waals surface area contributed by atoms with Crippen LogP contribution in [0.3, 0.4) is 0 Å². The number of nitrogens with zero attached hydrogens (tertiary/aromatic N) is 1. The van der Waals surface area contributed by atoms with Crippen LogP contribution in [-0.4, -0.2) is 9.97 Å². The molecule has 0 aliphatic rings. The Kier molecular flexibility index (Phi) is 5.09. The molecule has 0 bridgehead atoms. The van der Waals surface area contributed by atoms with Crippen LogP contribution in [-0.2, 0) is 5.75 Å². The van der Waals surface area contributed by atoms with E-state index >= 15 is 0 Å². The Morgan fingerprint density at radius 1 is 0.923 bits per heavy atom. The molecule has 3 aromatic carbocycles. The van der Waals surface area contributed by atoms with Gasteiger partial charge in [-0.3, -0.25) is 0 Å². The number of H-pyrrole nitrogens is 1. The summed E-state index contributed by atoms with van der Waals surface area (Å²) in [5, 5.41) is 1.62. The Morgan fingerprint density at radius 3 is 2.62 bits per heavy atom. The Bertz CT molecular complexity index is 1050. The van der Waals surface area contributed by atoms with E-state index < -0.39 is 0 Å². The van der Waals surface area contributed by atoms with E-state index in [0.29, 0.717) is 5.02 Å². The molecule has 1 aromatic heterocycles. The van der Waals surface area contributed by atoms with Crippen molar-refractivity contribution in [3.05, 3.63) is 94.5 Å². The molecular weight excluding hydrogens is 360 g/mol. The molecule has 4 heteroatoms. The van der Waals surface area contributed by atoms with Crippen molar-refractivity contribution in [3.63, 3.8) is 0 Å². The van der Waals surface area contributed by atoms with Crippen molar-refractivity contribution < 1.29 is 0 Å². The first-order valence-electron chi connectivity index (χ1n) is 8.37. The normalized spacial score (nSPS) is 11.4. The average molecular weight is 377 g/mol. The highest BCUT2D eigenvalue weighted by atomic mass is 35.5. The highest BCUT2D eigenvalue weighted by Crippen LogP contribution is 2.26.